The molecule has 2 aromatic heterocycles. The average molecular weight is 793 g/mol. The monoisotopic (exact) mass is 793 g/mol. The number of benzene rings is 3. The van der Waals surface area contributed by atoms with Crippen LogP contribution in [0.25, 0.3) is 44.5 Å². The first-order valence-corrected chi connectivity index (χ1v) is 16.5. The molecule has 2 heterocycles. The van der Waals surface area contributed by atoms with Crippen LogP contribution < -0.4 is 0 Å². The third-order valence-electron chi connectivity index (χ3n) is 9.58. The Morgan fingerprint density at radius 1 is 0.913 bits per heavy atom. The zero-order valence-electron chi connectivity index (χ0n) is 28.4. The molecule has 1 aliphatic carbocycles. The summed E-state index contributed by atoms with van der Waals surface area (Å²) in [7, 11) is 0. The van der Waals surface area contributed by atoms with E-state index in [1.54, 1.807) is 0 Å². The van der Waals surface area contributed by atoms with Gasteiger partial charge in [-0.2, -0.15) is 0 Å². The van der Waals surface area contributed by atoms with Crippen LogP contribution in [0.5, 0.6) is 0 Å². The van der Waals surface area contributed by atoms with Gasteiger partial charge in [-0.15, -0.1) is 29.3 Å². The second-order valence-electron chi connectivity index (χ2n) is 12.9. The summed E-state index contributed by atoms with van der Waals surface area (Å²) < 4.78 is 6.33. The molecule has 46 heavy (non-hydrogen) atoms. The molecule has 6 rings (SSSR count). The van der Waals surface area contributed by atoms with Crippen LogP contribution in [0.15, 0.2) is 76.9 Å². The van der Waals surface area contributed by atoms with E-state index in [9.17, 15) is 9.90 Å². The molecule has 1 N–H and O–H groups in total. The Morgan fingerprint density at radius 2 is 1.59 bits per heavy atom. The Bertz CT molecular complexity index is 1890. The number of aromatic nitrogens is 1. The van der Waals surface area contributed by atoms with Crippen LogP contribution in [-0.4, -0.2) is 15.9 Å². The molecule has 0 fully saturated rings. The van der Waals surface area contributed by atoms with Gasteiger partial charge in [-0.1, -0.05) is 83.5 Å². The Kier molecular flexibility index (Phi) is 11.1. The van der Waals surface area contributed by atoms with Crippen molar-refractivity contribution in [1.29, 1.82) is 0 Å². The van der Waals surface area contributed by atoms with Crippen molar-refractivity contribution >= 4 is 27.7 Å². The molecule has 0 bridgehead atoms. The summed E-state index contributed by atoms with van der Waals surface area (Å²) in [5, 5.41) is 12.2. The minimum absolute atomic E-state index is 0. The molecular weight excluding hydrogens is 747 g/mol. The van der Waals surface area contributed by atoms with Crippen LogP contribution in [0.4, 0.5) is 0 Å². The molecule has 3 aromatic carbocycles. The number of aryl methyl sites for hydroxylation is 2. The first-order valence-electron chi connectivity index (χ1n) is 16.5. The molecule has 243 valence electrons. The van der Waals surface area contributed by atoms with Crippen molar-refractivity contribution in [3.63, 3.8) is 0 Å². The van der Waals surface area contributed by atoms with Gasteiger partial charge >= 0.3 is 0 Å². The number of pyridine rings is 1. The number of ketones is 1. The van der Waals surface area contributed by atoms with E-state index in [1.165, 1.54) is 39.1 Å². The number of allylic oxidation sites excluding steroid dienone is 2. The Balaban J connectivity index is 0.000000259. The number of carbonyl (C=O) groups excluding carboxylic acids is 1. The maximum absolute atomic E-state index is 11.7. The number of carbonyl (C=O) groups is 1. The van der Waals surface area contributed by atoms with E-state index >= 15 is 0 Å². The van der Waals surface area contributed by atoms with Crippen molar-refractivity contribution in [2.24, 2.45) is 11.8 Å². The average Bonchev–Trinajstić information content (AvgIpc) is 3.52. The third kappa shape index (κ3) is 6.50. The van der Waals surface area contributed by atoms with E-state index in [0.29, 0.717) is 0 Å². The number of hydrogen-bond donors (Lipinski definition) is 1. The molecular formula is C41H46IrNO3-. The van der Waals surface area contributed by atoms with Gasteiger partial charge in [-0.25, -0.2) is 0 Å². The molecule has 4 nitrogen and oxygen atoms in total. The van der Waals surface area contributed by atoms with Gasteiger partial charge in [0.15, 0.2) is 5.78 Å². The van der Waals surface area contributed by atoms with Crippen molar-refractivity contribution in [2.75, 3.05) is 0 Å². The van der Waals surface area contributed by atoms with Crippen LogP contribution in [0.2, 0.25) is 0 Å². The fraction of sp³-hybridized carbons (Fsp3) is 0.366. The predicted octanol–water partition coefficient (Wildman–Crippen LogP) is 11.2. The number of aliphatic hydroxyl groups excluding tert-OH is 1. The molecule has 0 spiro atoms. The predicted molar refractivity (Wildman–Crippen MR) is 187 cm³/mol. The summed E-state index contributed by atoms with van der Waals surface area (Å²) in [4.78, 5) is 16.8. The minimum Gasteiger partial charge on any atom is -0.512 e. The summed E-state index contributed by atoms with van der Waals surface area (Å²) in [6, 6.07) is 24.7. The molecule has 5 aromatic rings. The van der Waals surface area contributed by atoms with E-state index in [-0.39, 0.29) is 48.9 Å². The van der Waals surface area contributed by atoms with Crippen LogP contribution in [-0.2, 0) is 30.3 Å². The SMILES string of the molecule is CCC(CC)C(=O)/C=C(\O)C(CC)CC.Cc1cc(C)c2ccc(-c3[c-]ccc4c3C(C)(C)c3c-4oc4ccccc34)nc2c1.[Ir]. The largest absolute Gasteiger partial charge is 0.512 e. The second-order valence-corrected chi connectivity index (χ2v) is 12.9. The maximum Gasteiger partial charge on any atom is 0.162 e. The third-order valence-corrected chi connectivity index (χ3v) is 9.58. The Hall–Kier alpha value is -3.53. The molecule has 5 heteroatoms. The molecule has 1 radical (unpaired) electrons. The molecule has 0 saturated heterocycles. The second kappa shape index (κ2) is 14.5. The number of nitrogens with zero attached hydrogens (tertiary/aromatic N) is 1. The van der Waals surface area contributed by atoms with E-state index < -0.39 is 0 Å². The molecule has 1 aliphatic rings. The van der Waals surface area contributed by atoms with Gasteiger partial charge in [-0.05, 0) is 73.9 Å². The zero-order chi connectivity index (χ0) is 32.5. The fourth-order valence-electron chi connectivity index (χ4n) is 7.03. The van der Waals surface area contributed by atoms with Gasteiger partial charge in [0.25, 0.3) is 0 Å². The van der Waals surface area contributed by atoms with Crippen LogP contribution in [0.1, 0.15) is 89.5 Å². The van der Waals surface area contributed by atoms with E-state index in [4.69, 9.17) is 9.40 Å². The van der Waals surface area contributed by atoms with Crippen LogP contribution in [0, 0.1) is 31.7 Å². The number of para-hydroxylation sites is 1. The van der Waals surface area contributed by atoms with Gasteiger partial charge < -0.3 is 9.52 Å². The Labute approximate surface area is 287 Å². The van der Waals surface area contributed by atoms with Crippen molar-refractivity contribution in [3.05, 3.63) is 101 Å². The normalized spacial score (nSPS) is 13.4. The van der Waals surface area contributed by atoms with Crippen LogP contribution >= 0.6 is 0 Å². The quantitative estimate of drug-likeness (QED) is 0.0966. The van der Waals surface area contributed by atoms with Gasteiger partial charge in [0.1, 0.15) is 11.3 Å². The maximum atomic E-state index is 11.7. The standard InChI is InChI=1S/C28H22NO.C13H24O2.Ir/c1-16-14-17(2)18-12-13-22(29-23(18)15-16)19-9-7-10-21-25(19)28(3,4)26-20-8-5-6-11-24(20)30-27(21)26;1-5-10(6-2)12(14)9-13(15)11(7-3)8-4;/h5-8,10-15H,1-4H3;9-11,14H,5-8H2,1-4H3;/q-1;;/b;12-9-;. The van der Waals surface area contributed by atoms with Crippen LogP contribution in [0.3, 0.4) is 0 Å². The van der Waals surface area contributed by atoms with Crippen molar-refractivity contribution in [2.45, 2.75) is 86.5 Å². The van der Waals surface area contributed by atoms with E-state index in [0.717, 1.165) is 59.4 Å². The summed E-state index contributed by atoms with van der Waals surface area (Å²) >= 11 is 0. The number of aliphatic hydroxyl groups is 1. The van der Waals surface area contributed by atoms with E-state index in [1.807, 2.05) is 39.8 Å². The number of fused-ring (bicyclic) bond motifs is 6. The summed E-state index contributed by atoms with van der Waals surface area (Å²) in [5.74, 6) is 1.53. The first-order chi connectivity index (χ1) is 21.5. The van der Waals surface area contributed by atoms with Crippen molar-refractivity contribution in [3.8, 4) is 22.6 Å². The minimum atomic E-state index is -0.191. The molecule has 0 amide bonds. The summed E-state index contributed by atoms with van der Waals surface area (Å²) in [5.41, 5.74) is 9.99. The van der Waals surface area contributed by atoms with Gasteiger partial charge in [0, 0.05) is 54.4 Å². The van der Waals surface area contributed by atoms with Gasteiger partial charge in [-0.3, -0.25) is 9.78 Å². The topological polar surface area (TPSA) is 63.3 Å². The number of rotatable bonds is 8. The summed E-state index contributed by atoms with van der Waals surface area (Å²) in [6.07, 6.45) is 4.91. The van der Waals surface area contributed by atoms with Crippen molar-refractivity contribution < 1.29 is 34.4 Å². The zero-order valence-corrected chi connectivity index (χ0v) is 30.8. The number of hydrogen-bond acceptors (Lipinski definition) is 4. The van der Waals surface area contributed by atoms with Gasteiger partial charge in [0.2, 0.25) is 0 Å². The van der Waals surface area contributed by atoms with Crippen molar-refractivity contribution in [1.82, 2.24) is 4.98 Å². The first kappa shape index (κ1) is 35.3. The molecule has 0 aliphatic heterocycles. The Morgan fingerprint density at radius 3 is 2.26 bits per heavy atom. The summed E-state index contributed by atoms with van der Waals surface area (Å²) in [6.45, 7) is 16.9. The number of furan rings is 1. The van der Waals surface area contributed by atoms with Gasteiger partial charge in [0.05, 0.1) is 11.3 Å². The van der Waals surface area contributed by atoms with E-state index in [2.05, 4.69) is 82.3 Å². The smallest absolute Gasteiger partial charge is 0.162 e. The fourth-order valence-corrected chi connectivity index (χ4v) is 7.03. The molecule has 0 atom stereocenters. The molecule has 0 unspecified atom stereocenters. The molecule has 0 saturated carbocycles.